The quantitative estimate of drug-likeness (QED) is 0.799. The molecule has 1 N–H and O–H groups in total. The fourth-order valence-corrected chi connectivity index (χ4v) is 2.60. The second-order valence-electron chi connectivity index (χ2n) is 5.30. The fourth-order valence-electron chi connectivity index (χ4n) is 2.27. The maximum absolute atomic E-state index is 13.9. The minimum Gasteiger partial charge on any atom is -0.367 e. The van der Waals surface area contributed by atoms with Gasteiger partial charge in [-0.2, -0.15) is 0 Å². The van der Waals surface area contributed by atoms with Gasteiger partial charge in [0.05, 0.1) is 10.2 Å². The van der Waals surface area contributed by atoms with E-state index in [0.717, 1.165) is 25.6 Å². The first-order valence-electron chi connectivity index (χ1n) is 6.03. The lowest BCUT2D eigenvalue weighted by atomic mass is 10.1. The van der Waals surface area contributed by atoms with E-state index in [9.17, 15) is 8.78 Å². The predicted molar refractivity (Wildman–Crippen MR) is 73.0 cm³/mol. The van der Waals surface area contributed by atoms with Crippen LogP contribution in [0.1, 0.15) is 20.3 Å². The van der Waals surface area contributed by atoms with Gasteiger partial charge in [-0.05, 0) is 48.8 Å². The van der Waals surface area contributed by atoms with Gasteiger partial charge in [0.1, 0.15) is 11.6 Å². The van der Waals surface area contributed by atoms with Crippen molar-refractivity contribution in [1.82, 2.24) is 5.32 Å². The summed E-state index contributed by atoms with van der Waals surface area (Å²) in [4.78, 5) is 1.97. The SMILES string of the molecule is CC1(C)CN(c2cc(Br)c(F)cc2F)CCCN1. The summed E-state index contributed by atoms with van der Waals surface area (Å²) in [6, 6.07) is 2.46. The Balaban J connectivity index is 2.32. The van der Waals surface area contributed by atoms with Crippen LogP contribution in [0.25, 0.3) is 0 Å². The molecular weight excluding hydrogens is 302 g/mol. The maximum Gasteiger partial charge on any atom is 0.149 e. The minimum absolute atomic E-state index is 0.0796. The summed E-state index contributed by atoms with van der Waals surface area (Å²) < 4.78 is 27.4. The Morgan fingerprint density at radius 3 is 2.72 bits per heavy atom. The zero-order chi connectivity index (χ0) is 13.3. The summed E-state index contributed by atoms with van der Waals surface area (Å²) in [6.07, 6.45) is 0.942. The Morgan fingerprint density at radius 2 is 2.00 bits per heavy atom. The van der Waals surface area contributed by atoms with Crippen LogP contribution < -0.4 is 10.2 Å². The largest absolute Gasteiger partial charge is 0.367 e. The van der Waals surface area contributed by atoms with Gasteiger partial charge in [0.15, 0.2) is 0 Å². The Bertz CT molecular complexity index is 449. The van der Waals surface area contributed by atoms with E-state index < -0.39 is 11.6 Å². The van der Waals surface area contributed by atoms with E-state index in [1.54, 1.807) is 0 Å². The smallest absolute Gasteiger partial charge is 0.149 e. The molecule has 0 atom stereocenters. The Kier molecular flexibility index (Phi) is 3.92. The van der Waals surface area contributed by atoms with E-state index in [1.165, 1.54) is 6.07 Å². The van der Waals surface area contributed by atoms with Gasteiger partial charge < -0.3 is 10.2 Å². The lowest BCUT2D eigenvalue weighted by Crippen LogP contribution is -2.46. The highest BCUT2D eigenvalue weighted by Crippen LogP contribution is 2.28. The molecule has 1 aromatic rings. The maximum atomic E-state index is 13.9. The molecule has 1 heterocycles. The summed E-state index contributed by atoms with van der Waals surface area (Å²) in [6.45, 7) is 6.55. The molecule has 5 heteroatoms. The van der Waals surface area contributed by atoms with Crippen molar-refractivity contribution >= 4 is 21.6 Å². The van der Waals surface area contributed by atoms with Crippen LogP contribution in [0.2, 0.25) is 0 Å². The number of hydrogen-bond acceptors (Lipinski definition) is 2. The normalized spacial score (nSPS) is 19.7. The van der Waals surface area contributed by atoms with Crippen LogP contribution in [0.15, 0.2) is 16.6 Å². The first-order chi connectivity index (χ1) is 8.39. The van der Waals surface area contributed by atoms with Gasteiger partial charge in [0.25, 0.3) is 0 Å². The van der Waals surface area contributed by atoms with Gasteiger partial charge in [-0.3, -0.25) is 0 Å². The van der Waals surface area contributed by atoms with Crippen LogP contribution in [0, 0.1) is 11.6 Å². The molecule has 0 amide bonds. The molecule has 0 aromatic heterocycles. The highest BCUT2D eigenvalue weighted by molar-refractivity contribution is 9.10. The molecule has 0 radical (unpaired) electrons. The average Bonchev–Trinajstić information content (AvgIpc) is 2.44. The van der Waals surface area contributed by atoms with Crippen LogP contribution >= 0.6 is 15.9 Å². The first-order valence-corrected chi connectivity index (χ1v) is 6.83. The number of benzene rings is 1. The summed E-state index contributed by atoms with van der Waals surface area (Å²) in [5, 5.41) is 3.42. The van der Waals surface area contributed by atoms with Crippen molar-refractivity contribution in [1.29, 1.82) is 0 Å². The van der Waals surface area contributed by atoms with Crippen molar-refractivity contribution < 1.29 is 8.78 Å². The standard InChI is InChI=1S/C13H17BrF2N2/c1-13(2)8-18(5-3-4-17-13)12-6-9(14)10(15)7-11(12)16/h6-7,17H,3-5,8H2,1-2H3. The van der Waals surface area contributed by atoms with E-state index in [-0.39, 0.29) is 5.54 Å². The third-order valence-corrected chi connectivity index (χ3v) is 3.73. The molecule has 2 rings (SSSR count). The van der Waals surface area contributed by atoms with E-state index >= 15 is 0 Å². The number of rotatable bonds is 1. The van der Waals surface area contributed by atoms with E-state index in [2.05, 4.69) is 35.1 Å². The van der Waals surface area contributed by atoms with Gasteiger partial charge in [-0.15, -0.1) is 0 Å². The number of nitrogens with one attached hydrogen (secondary N) is 1. The van der Waals surface area contributed by atoms with Crippen LogP contribution in [0.3, 0.4) is 0 Å². The Labute approximate surface area is 114 Å². The van der Waals surface area contributed by atoms with Crippen molar-refractivity contribution in [3.8, 4) is 0 Å². The third-order valence-electron chi connectivity index (χ3n) is 3.12. The topological polar surface area (TPSA) is 15.3 Å². The van der Waals surface area contributed by atoms with Crippen molar-refractivity contribution in [2.24, 2.45) is 0 Å². The molecule has 1 aromatic carbocycles. The minimum atomic E-state index is -0.566. The molecule has 0 saturated carbocycles. The van der Waals surface area contributed by atoms with E-state index in [1.807, 2.05) is 4.90 Å². The summed E-state index contributed by atoms with van der Waals surface area (Å²) in [5.74, 6) is -1.07. The molecule has 100 valence electrons. The lowest BCUT2D eigenvalue weighted by molar-refractivity contribution is 0.415. The fraction of sp³-hybridized carbons (Fsp3) is 0.538. The Hall–Kier alpha value is -0.680. The third kappa shape index (κ3) is 3.01. The molecule has 1 aliphatic rings. The molecule has 2 nitrogen and oxygen atoms in total. The van der Waals surface area contributed by atoms with Gasteiger partial charge >= 0.3 is 0 Å². The van der Waals surface area contributed by atoms with E-state index in [0.29, 0.717) is 16.7 Å². The average molecular weight is 319 g/mol. The number of halogens is 3. The predicted octanol–water partition coefficient (Wildman–Crippen LogP) is 3.31. The van der Waals surface area contributed by atoms with Crippen LogP contribution in [0.5, 0.6) is 0 Å². The van der Waals surface area contributed by atoms with E-state index in [4.69, 9.17) is 0 Å². The van der Waals surface area contributed by atoms with Crippen molar-refractivity contribution in [3.63, 3.8) is 0 Å². The number of anilines is 1. The van der Waals surface area contributed by atoms with Gasteiger partial charge in [-0.1, -0.05) is 0 Å². The Morgan fingerprint density at radius 1 is 1.28 bits per heavy atom. The summed E-state index contributed by atoms with van der Waals surface area (Å²) >= 11 is 3.11. The van der Waals surface area contributed by atoms with Gasteiger partial charge in [0, 0.05) is 24.7 Å². The molecule has 0 unspecified atom stereocenters. The molecule has 0 aliphatic carbocycles. The molecule has 18 heavy (non-hydrogen) atoms. The second-order valence-corrected chi connectivity index (χ2v) is 6.16. The molecule has 1 fully saturated rings. The van der Waals surface area contributed by atoms with Crippen molar-refractivity contribution in [3.05, 3.63) is 28.2 Å². The van der Waals surface area contributed by atoms with Crippen molar-refractivity contribution in [2.45, 2.75) is 25.8 Å². The van der Waals surface area contributed by atoms with Crippen LogP contribution in [-0.4, -0.2) is 25.2 Å². The zero-order valence-electron chi connectivity index (χ0n) is 10.6. The summed E-state index contributed by atoms with van der Waals surface area (Å²) in [7, 11) is 0. The molecule has 0 spiro atoms. The molecule has 0 bridgehead atoms. The first kappa shape index (κ1) is 13.7. The second kappa shape index (κ2) is 5.13. The van der Waals surface area contributed by atoms with Crippen LogP contribution in [0.4, 0.5) is 14.5 Å². The molecule has 1 aliphatic heterocycles. The lowest BCUT2D eigenvalue weighted by Gasteiger charge is -2.31. The highest BCUT2D eigenvalue weighted by atomic mass is 79.9. The van der Waals surface area contributed by atoms with Gasteiger partial charge in [0.2, 0.25) is 0 Å². The highest BCUT2D eigenvalue weighted by Gasteiger charge is 2.26. The number of nitrogens with zero attached hydrogens (tertiary/aromatic N) is 1. The van der Waals surface area contributed by atoms with Crippen LogP contribution in [-0.2, 0) is 0 Å². The molecular formula is C13H17BrF2N2. The monoisotopic (exact) mass is 318 g/mol. The number of hydrogen-bond donors (Lipinski definition) is 1. The zero-order valence-corrected chi connectivity index (χ0v) is 12.2. The molecule has 1 saturated heterocycles. The van der Waals surface area contributed by atoms with Crippen molar-refractivity contribution in [2.75, 3.05) is 24.5 Å². The van der Waals surface area contributed by atoms with Gasteiger partial charge in [-0.25, -0.2) is 8.78 Å². The summed E-state index contributed by atoms with van der Waals surface area (Å²) in [5.41, 5.74) is 0.379.